The van der Waals surface area contributed by atoms with Gasteiger partial charge in [0.1, 0.15) is 5.75 Å². The number of nitrogens with zero attached hydrogens (tertiary/aromatic N) is 2. The van der Waals surface area contributed by atoms with E-state index < -0.39 is 45.2 Å². The van der Waals surface area contributed by atoms with E-state index in [1.165, 1.54) is 4.90 Å². The molecule has 6 rings (SSSR count). The Labute approximate surface area is 250 Å². The SMILES string of the molecule is CCc1ccc(N2C(=O)C3CC=C4C(CC5(Cl)C(=O)N(CBr)C(=O)C5(Cl)C4c4cccc(C)c4O)C3C2=O)cc1. The summed E-state index contributed by atoms with van der Waals surface area (Å²) < 4.78 is 0. The number of anilines is 1. The first-order chi connectivity index (χ1) is 19.0. The molecule has 10 heteroatoms. The molecule has 2 saturated heterocycles. The lowest BCUT2D eigenvalue weighted by molar-refractivity contribution is -0.138. The minimum absolute atomic E-state index is 0.0563. The van der Waals surface area contributed by atoms with Crippen LogP contribution in [0.1, 0.15) is 42.4 Å². The van der Waals surface area contributed by atoms with Crippen LogP contribution in [0.15, 0.2) is 54.1 Å². The summed E-state index contributed by atoms with van der Waals surface area (Å²) in [4.78, 5) is 53.6. The minimum Gasteiger partial charge on any atom is -0.507 e. The van der Waals surface area contributed by atoms with Crippen molar-refractivity contribution < 1.29 is 24.3 Å². The Morgan fingerprint density at radius 2 is 1.70 bits per heavy atom. The van der Waals surface area contributed by atoms with E-state index >= 15 is 0 Å². The number of rotatable bonds is 4. The number of benzene rings is 2. The molecule has 0 spiro atoms. The van der Waals surface area contributed by atoms with Crippen molar-refractivity contribution in [1.29, 1.82) is 0 Å². The number of aromatic hydroxyl groups is 1. The molecule has 1 N–H and O–H groups in total. The molecular weight excluding hydrogens is 619 g/mol. The molecule has 4 amide bonds. The zero-order valence-corrected chi connectivity index (χ0v) is 25.0. The lowest BCUT2D eigenvalue weighted by Crippen LogP contribution is -2.60. The first-order valence-corrected chi connectivity index (χ1v) is 15.1. The molecule has 0 aromatic heterocycles. The van der Waals surface area contributed by atoms with Crippen molar-refractivity contribution in [1.82, 2.24) is 4.90 Å². The molecule has 6 unspecified atom stereocenters. The highest BCUT2D eigenvalue weighted by Gasteiger charge is 2.76. The minimum atomic E-state index is -1.94. The standard InChI is InChI=1S/C30H27BrCl2N2O5/c1-3-16-7-9-17(10-8-16)35-25(37)19-12-11-18-21(22(19)26(35)38)13-29(32)27(39)34(14-31)28(40)30(29,33)23(18)20-6-4-5-15(2)24(20)36/h4-11,19,21-23,36H,3,12-14H2,1-2H3. The van der Waals surface area contributed by atoms with Crippen LogP contribution < -0.4 is 4.90 Å². The monoisotopic (exact) mass is 644 g/mol. The third-order valence-corrected chi connectivity index (χ3v) is 11.1. The van der Waals surface area contributed by atoms with Gasteiger partial charge in [0, 0.05) is 11.5 Å². The fraction of sp³-hybridized carbons (Fsp3) is 0.400. The predicted molar refractivity (Wildman–Crippen MR) is 154 cm³/mol. The second-order valence-corrected chi connectivity index (χ2v) is 12.8. The molecule has 6 atom stereocenters. The molecule has 3 fully saturated rings. The van der Waals surface area contributed by atoms with E-state index in [1.54, 1.807) is 37.3 Å². The van der Waals surface area contributed by atoms with E-state index in [2.05, 4.69) is 15.9 Å². The first kappa shape index (κ1) is 27.5. The molecule has 2 aromatic rings. The normalized spacial score (nSPS) is 33.2. The second-order valence-electron chi connectivity index (χ2n) is 11.0. The fourth-order valence-electron chi connectivity index (χ4n) is 7.15. The number of hydrogen-bond donors (Lipinski definition) is 1. The van der Waals surface area contributed by atoms with E-state index in [1.807, 2.05) is 25.1 Å². The van der Waals surface area contributed by atoms with Crippen molar-refractivity contribution in [2.45, 2.75) is 48.8 Å². The zero-order chi connectivity index (χ0) is 28.7. The highest BCUT2D eigenvalue weighted by molar-refractivity contribution is 9.09. The van der Waals surface area contributed by atoms with Gasteiger partial charge < -0.3 is 5.11 Å². The van der Waals surface area contributed by atoms with Crippen LogP contribution in [0, 0.1) is 24.7 Å². The van der Waals surface area contributed by atoms with Crippen LogP contribution in [0.3, 0.4) is 0 Å². The molecule has 40 heavy (non-hydrogen) atoms. The summed E-state index contributed by atoms with van der Waals surface area (Å²) in [5.41, 5.74) is 3.05. The van der Waals surface area contributed by atoms with E-state index in [0.717, 1.165) is 16.9 Å². The highest BCUT2D eigenvalue weighted by Crippen LogP contribution is 2.66. The zero-order valence-electron chi connectivity index (χ0n) is 21.9. The number of likely N-dealkylation sites (tertiary alicyclic amines) is 1. The van der Waals surface area contributed by atoms with E-state index in [0.29, 0.717) is 22.4 Å². The van der Waals surface area contributed by atoms with Crippen molar-refractivity contribution in [2.24, 2.45) is 17.8 Å². The number of carbonyl (C=O) groups is 4. The lowest BCUT2D eigenvalue weighted by Gasteiger charge is -2.50. The number of para-hydroxylation sites is 1. The van der Waals surface area contributed by atoms with Crippen LogP contribution in [-0.2, 0) is 25.6 Å². The fourth-order valence-corrected chi connectivity index (χ4v) is 8.57. The average Bonchev–Trinajstić information content (AvgIpc) is 3.28. The Hall–Kier alpha value is -2.68. The summed E-state index contributed by atoms with van der Waals surface area (Å²) in [6.45, 7) is 3.76. The number of halogens is 3. The van der Waals surface area contributed by atoms with Gasteiger partial charge in [0.05, 0.1) is 23.0 Å². The lowest BCUT2D eigenvalue weighted by atomic mass is 9.56. The number of imide groups is 2. The van der Waals surface area contributed by atoms with Crippen molar-refractivity contribution >= 4 is 68.4 Å². The summed E-state index contributed by atoms with van der Waals surface area (Å²) in [5, 5.41) is 11.2. The topological polar surface area (TPSA) is 95.0 Å². The highest BCUT2D eigenvalue weighted by atomic mass is 79.9. The van der Waals surface area contributed by atoms with Gasteiger partial charge in [-0.2, -0.15) is 0 Å². The Morgan fingerprint density at radius 1 is 1.00 bits per heavy atom. The van der Waals surface area contributed by atoms with Crippen molar-refractivity contribution in [3.05, 3.63) is 70.8 Å². The van der Waals surface area contributed by atoms with Gasteiger partial charge in [-0.1, -0.05) is 64.8 Å². The average molecular weight is 646 g/mol. The number of phenolic OH excluding ortho intramolecular Hbond substituents is 1. The molecule has 1 saturated carbocycles. The van der Waals surface area contributed by atoms with Crippen molar-refractivity contribution in [2.75, 3.05) is 10.4 Å². The molecule has 0 bridgehead atoms. The number of fused-ring (bicyclic) bond motifs is 4. The number of aryl methyl sites for hydroxylation is 2. The van der Waals surface area contributed by atoms with Gasteiger partial charge in [-0.05, 0) is 55.4 Å². The van der Waals surface area contributed by atoms with E-state index in [-0.39, 0.29) is 35.9 Å². The van der Waals surface area contributed by atoms with Crippen molar-refractivity contribution in [3.8, 4) is 5.75 Å². The molecular formula is C30H27BrCl2N2O5. The number of amides is 4. The van der Waals surface area contributed by atoms with E-state index in [4.69, 9.17) is 23.2 Å². The molecule has 7 nitrogen and oxygen atoms in total. The summed E-state index contributed by atoms with van der Waals surface area (Å²) in [6.07, 6.45) is 2.86. The van der Waals surface area contributed by atoms with Crippen LogP contribution in [-0.4, -0.2) is 48.8 Å². The summed E-state index contributed by atoms with van der Waals surface area (Å²) in [7, 11) is 0. The van der Waals surface area contributed by atoms with Gasteiger partial charge >= 0.3 is 0 Å². The number of allylic oxidation sites excluding steroid dienone is 2. The third-order valence-electron chi connectivity index (χ3n) is 9.20. The number of alkyl halides is 3. The third kappa shape index (κ3) is 3.42. The Balaban J connectivity index is 1.51. The van der Waals surface area contributed by atoms with Gasteiger partial charge in [0.15, 0.2) is 9.75 Å². The van der Waals surface area contributed by atoms with Crippen LogP contribution in [0.4, 0.5) is 5.69 Å². The molecule has 2 heterocycles. The maximum absolute atomic E-state index is 14.0. The summed E-state index contributed by atoms with van der Waals surface area (Å²) in [5.74, 6) is -5.10. The largest absolute Gasteiger partial charge is 0.507 e. The molecule has 2 aromatic carbocycles. The Morgan fingerprint density at radius 3 is 2.35 bits per heavy atom. The van der Waals surface area contributed by atoms with Crippen LogP contribution in [0.25, 0.3) is 0 Å². The van der Waals surface area contributed by atoms with Crippen LogP contribution >= 0.6 is 39.1 Å². The first-order valence-electron chi connectivity index (χ1n) is 13.3. The molecule has 4 aliphatic rings. The van der Waals surface area contributed by atoms with Gasteiger partial charge in [-0.3, -0.25) is 29.0 Å². The molecule has 2 aliphatic carbocycles. The Kier molecular flexibility index (Phi) is 6.48. The van der Waals surface area contributed by atoms with Gasteiger partial charge in [0.25, 0.3) is 11.8 Å². The maximum Gasteiger partial charge on any atom is 0.254 e. The molecule has 0 radical (unpaired) electrons. The smallest absolute Gasteiger partial charge is 0.254 e. The number of carbonyl (C=O) groups excluding carboxylic acids is 4. The quantitative estimate of drug-likeness (QED) is 0.214. The van der Waals surface area contributed by atoms with E-state index in [9.17, 15) is 24.3 Å². The van der Waals surface area contributed by atoms with Gasteiger partial charge in [-0.25, -0.2) is 0 Å². The van der Waals surface area contributed by atoms with Crippen molar-refractivity contribution in [3.63, 3.8) is 0 Å². The number of phenols is 1. The van der Waals surface area contributed by atoms with Crippen LogP contribution in [0.5, 0.6) is 5.75 Å². The van der Waals surface area contributed by atoms with Gasteiger partial charge in [-0.15, -0.1) is 23.2 Å². The van der Waals surface area contributed by atoms with Crippen LogP contribution in [0.2, 0.25) is 0 Å². The number of hydrogen-bond acceptors (Lipinski definition) is 5. The maximum atomic E-state index is 14.0. The molecule has 2 aliphatic heterocycles. The van der Waals surface area contributed by atoms with Gasteiger partial charge in [0.2, 0.25) is 11.8 Å². The Bertz CT molecular complexity index is 1510. The molecule has 208 valence electrons. The second kappa shape index (κ2) is 9.43. The summed E-state index contributed by atoms with van der Waals surface area (Å²) in [6, 6.07) is 12.5. The summed E-state index contributed by atoms with van der Waals surface area (Å²) >= 11 is 17.6. The predicted octanol–water partition coefficient (Wildman–Crippen LogP) is 5.18.